The zero-order chi connectivity index (χ0) is 17.5. The second kappa shape index (κ2) is 8.57. The normalized spacial score (nSPS) is 20.2. The van der Waals surface area contributed by atoms with Gasteiger partial charge in [-0.3, -0.25) is 4.79 Å². The second-order valence-electron chi connectivity index (χ2n) is 6.12. The fraction of sp³-hybridized carbons (Fsp3) is 0.556. The van der Waals surface area contributed by atoms with E-state index in [-0.39, 0.29) is 30.0 Å². The molecule has 0 bridgehead atoms. The summed E-state index contributed by atoms with van der Waals surface area (Å²) in [6.07, 6.45) is 4.42. The first-order valence-corrected chi connectivity index (χ1v) is 8.40. The Morgan fingerprint density at radius 2 is 2.08 bits per heavy atom. The Kier molecular flexibility index (Phi) is 6.46. The molecule has 2 atom stereocenters. The molecule has 0 saturated heterocycles. The Hall–Kier alpha value is -2.24. The van der Waals surface area contributed by atoms with E-state index >= 15 is 0 Å². The van der Waals surface area contributed by atoms with Crippen molar-refractivity contribution < 1.29 is 19.1 Å². The topological polar surface area (TPSA) is 76.6 Å². The standard InChI is InChI=1S/C18H24N2O4/c1-3-24-18(23)16-10-6-8-14(19-16)11-20(2)17(22)15-9-5-4-7-13(15)12-21/h6,8,10,12-13,15H,3-5,7,9,11H2,1-2H3. The summed E-state index contributed by atoms with van der Waals surface area (Å²) in [6, 6.07) is 5.08. The summed E-state index contributed by atoms with van der Waals surface area (Å²) in [5.74, 6) is -0.932. The number of esters is 1. The van der Waals surface area contributed by atoms with Gasteiger partial charge < -0.3 is 14.4 Å². The summed E-state index contributed by atoms with van der Waals surface area (Å²) < 4.78 is 4.94. The van der Waals surface area contributed by atoms with Crippen LogP contribution in [0.1, 0.15) is 48.8 Å². The summed E-state index contributed by atoms with van der Waals surface area (Å²) in [5, 5.41) is 0. The molecule has 1 fully saturated rings. The van der Waals surface area contributed by atoms with Crippen LogP contribution < -0.4 is 0 Å². The molecule has 2 unspecified atom stereocenters. The minimum absolute atomic E-state index is 0.0323. The average molecular weight is 332 g/mol. The van der Waals surface area contributed by atoms with Gasteiger partial charge in [-0.1, -0.05) is 18.9 Å². The number of carbonyl (C=O) groups is 3. The van der Waals surface area contributed by atoms with Gasteiger partial charge in [0.1, 0.15) is 12.0 Å². The van der Waals surface area contributed by atoms with Crippen molar-refractivity contribution in [1.82, 2.24) is 9.88 Å². The Bertz CT molecular complexity index is 602. The number of carbonyl (C=O) groups excluding carboxylic acids is 3. The number of hydrogen-bond donors (Lipinski definition) is 0. The molecule has 0 radical (unpaired) electrons. The van der Waals surface area contributed by atoms with E-state index in [4.69, 9.17) is 4.74 Å². The van der Waals surface area contributed by atoms with Crippen LogP contribution in [0.3, 0.4) is 0 Å². The number of hydrogen-bond acceptors (Lipinski definition) is 5. The summed E-state index contributed by atoms with van der Waals surface area (Å²) in [7, 11) is 1.71. The van der Waals surface area contributed by atoms with Crippen LogP contribution in [0.2, 0.25) is 0 Å². The van der Waals surface area contributed by atoms with Crippen molar-refractivity contribution in [2.45, 2.75) is 39.2 Å². The van der Waals surface area contributed by atoms with Crippen LogP contribution in [0.5, 0.6) is 0 Å². The Morgan fingerprint density at radius 1 is 1.33 bits per heavy atom. The first-order valence-electron chi connectivity index (χ1n) is 8.40. The quantitative estimate of drug-likeness (QED) is 0.590. The molecule has 0 aliphatic heterocycles. The van der Waals surface area contributed by atoms with Gasteiger partial charge in [0, 0.05) is 18.9 Å². The largest absolute Gasteiger partial charge is 0.461 e. The number of pyridine rings is 1. The van der Waals surface area contributed by atoms with Gasteiger partial charge >= 0.3 is 5.97 Å². The molecule has 1 amide bonds. The summed E-state index contributed by atoms with van der Waals surface area (Å²) in [4.78, 5) is 41.4. The second-order valence-corrected chi connectivity index (χ2v) is 6.12. The van der Waals surface area contributed by atoms with Crippen molar-refractivity contribution in [3.05, 3.63) is 29.6 Å². The van der Waals surface area contributed by atoms with Crippen molar-refractivity contribution in [2.24, 2.45) is 11.8 Å². The van der Waals surface area contributed by atoms with Gasteiger partial charge in [-0.15, -0.1) is 0 Å². The van der Waals surface area contributed by atoms with Gasteiger partial charge in [0.25, 0.3) is 0 Å². The van der Waals surface area contributed by atoms with Gasteiger partial charge in [0.2, 0.25) is 5.91 Å². The molecule has 6 nitrogen and oxygen atoms in total. The van der Waals surface area contributed by atoms with Crippen LogP contribution in [0, 0.1) is 11.8 Å². The van der Waals surface area contributed by atoms with E-state index < -0.39 is 5.97 Å². The maximum absolute atomic E-state index is 12.6. The molecular formula is C18H24N2O4. The lowest BCUT2D eigenvalue weighted by atomic mass is 9.79. The molecule has 1 aromatic rings. The lowest BCUT2D eigenvalue weighted by Crippen LogP contribution is -2.38. The minimum atomic E-state index is -0.471. The number of nitrogens with zero attached hydrogens (tertiary/aromatic N) is 2. The van der Waals surface area contributed by atoms with E-state index in [1.165, 1.54) is 0 Å². The zero-order valence-corrected chi connectivity index (χ0v) is 14.2. The molecular weight excluding hydrogens is 308 g/mol. The molecule has 1 aliphatic carbocycles. The highest BCUT2D eigenvalue weighted by Gasteiger charge is 2.32. The molecule has 0 N–H and O–H groups in total. The fourth-order valence-electron chi connectivity index (χ4n) is 3.12. The van der Waals surface area contributed by atoms with Crippen LogP contribution in [-0.4, -0.2) is 41.7 Å². The molecule has 1 aliphatic rings. The van der Waals surface area contributed by atoms with Crippen molar-refractivity contribution in [1.29, 1.82) is 0 Å². The molecule has 1 heterocycles. The van der Waals surface area contributed by atoms with Gasteiger partial charge in [0.15, 0.2) is 0 Å². The lowest BCUT2D eigenvalue weighted by Gasteiger charge is -2.30. The highest BCUT2D eigenvalue weighted by Crippen LogP contribution is 2.30. The highest BCUT2D eigenvalue weighted by atomic mass is 16.5. The first-order chi connectivity index (χ1) is 11.6. The molecule has 1 aromatic heterocycles. The van der Waals surface area contributed by atoms with E-state index in [0.29, 0.717) is 12.2 Å². The number of aromatic nitrogens is 1. The Labute approximate surface area is 142 Å². The molecule has 0 spiro atoms. The predicted molar refractivity (Wildman–Crippen MR) is 88.2 cm³/mol. The van der Waals surface area contributed by atoms with Gasteiger partial charge in [-0.05, 0) is 31.9 Å². The molecule has 6 heteroatoms. The SMILES string of the molecule is CCOC(=O)c1cccc(CN(C)C(=O)C2CCCCC2C=O)n1. The first kappa shape index (κ1) is 18.1. The lowest BCUT2D eigenvalue weighted by molar-refractivity contribution is -0.139. The van der Waals surface area contributed by atoms with E-state index in [1.807, 2.05) is 0 Å². The Morgan fingerprint density at radius 3 is 2.79 bits per heavy atom. The van der Waals surface area contributed by atoms with Crippen LogP contribution in [-0.2, 0) is 20.9 Å². The van der Waals surface area contributed by atoms with Crippen LogP contribution >= 0.6 is 0 Å². The van der Waals surface area contributed by atoms with E-state index in [9.17, 15) is 14.4 Å². The summed E-state index contributed by atoms with van der Waals surface area (Å²) in [6.45, 7) is 2.33. The molecule has 24 heavy (non-hydrogen) atoms. The fourth-order valence-corrected chi connectivity index (χ4v) is 3.12. The molecule has 0 aromatic carbocycles. The number of ether oxygens (including phenoxy) is 1. The zero-order valence-electron chi connectivity index (χ0n) is 14.2. The van der Waals surface area contributed by atoms with Crippen LogP contribution in [0.4, 0.5) is 0 Å². The van der Waals surface area contributed by atoms with Crippen molar-refractivity contribution in [3.8, 4) is 0 Å². The van der Waals surface area contributed by atoms with E-state index in [2.05, 4.69) is 4.98 Å². The predicted octanol–water partition coefficient (Wildman–Crippen LogP) is 2.22. The summed E-state index contributed by atoms with van der Waals surface area (Å²) in [5.41, 5.74) is 0.855. The molecule has 2 rings (SSSR count). The van der Waals surface area contributed by atoms with Crippen molar-refractivity contribution >= 4 is 18.2 Å². The molecule has 1 saturated carbocycles. The minimum Gasteiger partial charge on any atom is -0.461 e. The monoisotopic (exact) mass is 332 g/mol. The van der Waals surface area contributed by atoms with Gasteiger partial charge in [-0.2, -0.15) is 0 Å². The van der Waals surface area contributed by atoms with Crippen molar-refractivity contribution in [2.75, 3.05) is 13.7 Å². The smallest absolute Gasteiger partial charge is 0.356 e. The van der Waals surface area contributed by atoms with E-state index in [1.54, 1.807) is 37.1 Å². The maximum atomic E-state index is 12.6. The highest BCUT2D eigenvalue weighted by molar-refractivity contribution is 5.87. The number of rotatable bonds is 6. The van der Waals surface area contributed by atoms with Crippen molar-refractivity contribution in [3.63, 3.8) is 0 Å². The third-order valence-corrected chi connectivity index (χ3v) is 4.38. The summed E-state index contributed by atoms with van der Waals surface area (Å²) >= 11 is 0. The third kappa shape index (κ3) is 4.40. The average Bonchev–Trinajstić information content (AvgIpc) is 2.61. The maximum Gasteiger partial charge on any atom is 0.356 e. The third-order valence-electron chi connectivity index (χ3n) is 4.38. The number of amides is 1. The number of aldehydes is 1. The molecule has 130 valence electrons. The Balaban J connectivity index is 2.04. The van der Waals surface area contributed by atoms with Crippen LogP contribution in [0.15, 0.2) is 18.2 Å². The van der Waals surface area contributed by atoms with E-state index in [0.717, 1.165) is 32.0 Å². The van der Waals surface area contributed by atoms with Crippen LogP contribution in [0.25, 0.3) is 0 Å². The van der Waals surface area contributed by atoms with Gasteiger partial charge in [-0.25, -0.2) is 9.78 Å². The van der Waals surface area contributed by atoms with Gasteiger partial charge in [0.05, 0.1) is 18.8 Å².